The van der Waals surface area contributed by atoms with Gasteiger partial charge in [-0.15, -0.1) is 11.3 Å². The van der Waals surface area contributed by atoms with E-state index in [4.69, 9.17) is 4.74 Å². The van der Waals surface area contributed by atoms with Crippen molar-refractivity contribution in [1.29, 1.82) is 0 Å². The largest absolute Gasteiger partial charge is 0.459 e. The second kappa shape index (κ2) is 8.66. The molecule has 166 valence electrons. The number of halogens is 1. The minimum atomic E-state index is -0.752. The standard InChI is InChI=1S/C26H26FNO3S/c1-15-23(26(30)31-17-7-2-3-8-17)24(18-9-4-5-10-19(18)27)25-20(28-15)13-16(14-21(25)29)22-11-6-12-32-22/h4-6,9-12,16-17,24,28H,2-3,7-8,13-14H2,1H3/t16-,24-/m1/s1. The number of Topliss-reactive ketones (excluding diaryl/α,β-unsaturated/α-hetero) is 1. The van der Waals surface area contributed by atoms with Crippen LogP contribution in [0.2, 0.25) is 0 Å². The molecule has 0 amide bonds. The molecule has 0 radical (unpaired) electrons. The van der Waals surface area contributed by atoms with Crippen LogP contribution in [-0.2, 0) is 14.3 Å². The quantitative estimate of drug-likeness (QED) is 0.603. The lowest BCUT2D eigenvalue weighted by molar-refractivity contribution is -0.144. The van der Waals surface area contributed by atoms with Gasteiger partial charge in [-0.1, -0.05) is 24.3 Å². The highest BCUT2D eigenvalue weighted by Crippen LogP contribution is 2.47. The van der Waals surface area contributed by atoms with Crippen molar-refractivity contribution in [2.24, 2.45) is 0 Å². The van der Waals surface area contributed by atoms with Crippen molar-refractivity contribution in [3.63, 3.8) is 0 Å². The molecule has 1 aromatic carbocycles. The molecule has 1 saturated carbocycles. The SMILES string of the molecule is CC1=C(C(=O)OC2CCCC2)[C@@H](c2ccccc2F)C2=C(C[C@@H](c3cccs3)CC2=O)N1. The van der Waals surface area contributed by atoms with Gasteiger partial charge in [-0.2, -0.15) is 0 Å². The van der Waals surface area contributed by atoms with Crippen LogP contribution in [-0.4, -0.2) is 17.9 Å². The molecule has 3 aliphatic rings. The van der Waals surface area contributed by atoms with Gasteiger partial charge >= 0.3 is 5.97 Å². The summed E-state index contributed by atoms with van der Waals surface area (Å²) < 4.78 is 20.8. The van der Waals surface area contributed by atoms with E-state index >= 15 is 4.39 Å². The number of dihydropyridines is 1. The Kier molecular flexibility index (Phi) is 5.72. The molecule has 2 atom stereocenters. The number of hydrogen-bond donors (Lipinski definition) is 1. The molecule has 2 aliphatic carbocycles. The number of allylic oxidation sites excluding steroid dienone is 3. The fourth-order valence-corrected chi connectivity index (χ4v) is 6.11. The molecule has 0 unspecified atom stereocenters. The zero-order valence-corrected chi connectivity index (χ0v) is 18.8. The number of nitrogens with one attached hydrogen (secondary N) is 1. The molecular formula is C26H26FNO3S. The van der Waals surface area contributed by atoms with Crippen molar-refractivity contribution in [3.05, 3.63) is 80.6 Å². The van der Waals surface area contributed by atoms with Crippen LogP contribution in [0.1, 0.15) is 67.7 Å². The van der Waals surface area contributed by atoms with Crippen LogP contribution in [0.3, 0.4) is 0 Å². The molecule has 2 heterocycles. The van der Waals surface area contributed by atoms with Gasteiger partial charge in [0.25, 0.3) is 0 Å². The zero-order valence-electron chi connectivity index (χ0n) is 18.0. The van der Waals surface area contributed by atoms with E-state index in [1.165, 1.54) is 10.9 Å². The Morgan fingerprint density at radius 2 is 1.91 bits per heavy atom. The lowest BCUT2D eigenvalue weighted by Gasteiger charge is -2.36. The van der Waals surface area contributed by atoms with E-state index in [0.717, 1.165) is 31.4 Å². The highest BCUT2D eigenvalue weighted by molar-refractivity contribution is 7.10. The van der Waals surface area contributed by atoms with Gasteiger partial charge in [0.05, 0.1) is 11.5 Å². The third-order valence-corrected chi connectivity index (χ3v) is 7.82. The Morgan fingerprint density at radius 3 is 2.62 bits per heavy atom. The summed E-state index contributed by atoms with van der Waals surface area (Å²) in [5.41, 5.74) is 2.64. The summed E-state index contributed by atoms with van der Waals surface area (Å²) in [4.78, 5) is 27.9. The molecule has 1 fully saturated rings. The molecule has 0 saturated heterocycles. The number of carbonyl (C=O) groups excluding carboxylic acids is 2. The first-order valence-electron chi connectivity index (χ1n) is 11.3. The fourth-order valence-electron chi connectivity index (χ4n) is 5.28. The van der Waals surface area contributed by atoms with E-state index < -0.39 is 17.7 Å². The van der Waals surface area contributed by atoms with Crippen LogP contribution in [0, 0.1) is 5.82 Å². The van der Waals surface area contributed by atoms with Gasteiger partial charge < -0.3 is 10.1 Å². The Balaban J connectivity index is 1.56. The Hall–Kier alpha value is -2.73. The smallest absolute Gasteiger partial charge is 0.337 e. The van der Waals surface area contributed by atoms with Gasteiger partial charge in [0.2, 0.25) is 0 Å². The van der Waals surface area contributed by atoms with Crippen molar-refractivity contribution in [2.45, 2.75) is 63.4 Å². The van der Waals surface area contributed by atoms with Gasteiger partial charge in [-0.3, -0.25) is 4.79 Å². The van der Waals surface area contributed by atoms with E-state index in [0.29, 0.717) is 35.2 Å². The van der Waals surface area contributed by atoms with Crippen molar-refractivity contribution >= 4 is 23.1 Å². The number of thiophene rings is 1. The van der Waals surface area contributed by atoms with Gasteiger partial charge in [0.1, 0.15) is 11.9 Å². The van der Waals surface area contributed by atoms with Crippen LogP contribution in [0.25, 0.3) is 0 Å². The molecule has 5 rings (SSSR count). The van der Waals surface area contributed by atoms with E-state index in [9.17, 15) is 9.59 Å². The molecule has 0 spiro atoms. The number of hydrogen-bond acceptors (Lipinski definition) is 5. The molecule has 1 aliphatic heterocycles. The maximum Gasteiger partial charge on any atom is 0.337 e. The molecule has 0 bridgehead atoms. The monoisotopic (exact) mass is 451 g/mol. The van der Waals surface area contributed by atoms with Crippen molar-refractivity contribution in [3.8, 4) is 0 Å². The zero-order chi connectivity index (χ0) is 22.2. The molecule has 4 nitrogen and oxygen atoms in total. The highest BCUT2D eigenvalue weighted by Gasteiger charge is 2.42. The maximum atomic E-state index is 15.0. The summed E-state index contributed by atoms with van der Waals surface area (Å²) in [6, 6.07) is 10.5. The van der Waals surface area contributed by atoms with E-state index in [1.807, 2.05) is 18.4 Å². The number of rotatable bonds is 4. The third-order valence-electron chi connectivity index (χ3n) is 6.79. The summed E-state index contributed by atoms with van der Waals surface area (Å²) in [6.45, 7) is 1.82. The summed E-state index contributed by atoms with van der Waals surface area (Å²) in [7, 11) is 0. The number of ether oxygens (including phenoxy) is 1. The van der Waals surface area contributed by atoms with Crippen LogP contribution in [0.15, 0.2) is 64.3 Å². The predicted octanol–water partition coefficient (Wildman–Crippen LogP) is 5.73. The second-order valence-electron chi connectivity index (χ2n) is 8.87. The number of benzene rings is 1. The van der Waals surface area contributed by atoms with Crippen molar-refractivity contribution < 1.29 is 18.7 Å². The molecule has 32 heavy (non-hydrogen) atoms. The Morgan fingerprint density at radius 1 is 1.12 bits per heavy atom. The van der Waals surface area contributed by atoms with Crippen LogP contribution < -0.4 is 5.32 Å². The highest BCUT2D eigenvalue weighted by atomic mass is 32.1. The van der Waals surface area contributed by atoms with Gasteiger partial charge in [0.15, 0.2) is 5.78 Å². The topological polar surface area (TPSA) is 55.4 Å². The number of esters is 1. The maximum absolute atomic E-state index is 15.0. The minimum absolute atomic E-state index is 0.0379. The Bertz CT molecular complexity index is 1110. The van der Waals surface area contributed by atoms with Gasteiger partial charge in [-0.25, -0.2) is 9.18 Å². The van der Waals surface area contributed by atoms with E-state index in [1.54, 1.807) is 29.5 Å². The number of carbonyl (C=O) groups is 2. The molecule has 1 aromatic heterocycles. The molecule has 1 N–H and O–H groups in total. The first-order chi connectivity index (χ1) is 15.5. The molecular weight excluding hydrogens is 425 g/mol. The summed E-state index contributed by atoms with van der Waals surface area (Å²) in [6.07, 6.45) is 4.71. The van der Waals surface area contributed by atoms with Crippen molar-refractivity contribution in [2.75, 3.05) is 0 Å². The first kappa shape index (κ1) is 21.1. The molecule has 6 heteroatoms. The summed E-state index contributed by atoms with van der Waals surface area (Å²) >= 11 is 1.65. The van der Waals surface area contributed by atoms with Gasteiger partial charge in [-0.05, 0) is 56.5 Å². The van der Waals surface area contributed by atoms with Gasteiger partial charge in [0, 0.05) is 39.7 Å². The lowest BCUT2D eigenvalue weighted by Crippen LogP contribution is -2.36. The first-order valence-corrected chi connectivity index (χ1v) is 12.1. The van der Waals surface area contributed by atoms with Crippen LogP contribution in [0.4, 0.5) is 4.39 Å². The average Bonchev–Trinajstić information content (AvgIpc) is 3.47. The van der Waals surface area contributed by atoms with Crippen molar-refractivity contribution in [1.82, 2.24) is 5.32 Å². The summed E-state index contributed by atoms with van der Waals surface area (Å²) in [5, 5.41) is 5.35. The number of ketones is 1. The Labute approximate surface area is 191 Å². The van der Waals surface area contributed by atoms with E-state index in [2.05, 4.69) is 11.4 Å². The van der Waals surface area contributed by atoms with E-state index in [-0.39, 0.29) is 17.8 Å². The third kappa shape index (κ3) is 3.81. The van der Waals surface area contributed by atoms with Crippen LogP contribution >= 0.6 is 11.3 Å². The normalized spacial score (nSPS) is 23.9. The fraction of sp³-hybridized carbons (Fsp3) is 0.385. The predicted molar refractivity (Wildman–Crippen MR) is 122 cm³/mol. The second-order valence-corrected chi connectivity index (χ2v) is 9.85. The average molecular weight is 452 g/mol. The summed E-state index contributed by atoms with van der Waals surface area (Å²) in [5.74, 6) is -1.56. The molecule has 2 aromatic rings. The lowest BCUT2D eigenvalue weighted by atomic mass is 9.72. The van der Waals surface area contributed by atoms with Crippen LogP contribution in [0.5, 0.6) is 0 Å². The minimum Gasteiger partial charge on any atom is -0.459 e.